The molecule has 0 unspecified atom stereocenters. The van der Waals surface area contributed by atoms with E-state index in [4.69, 9.17) is 23.7 Å². The fraction of sp³-hybridized carbons (Fsp3) is 1.00. The largest absolute Gasteiger partial charge is 0.394 e. The number of hydrogen-bond acceptors (Lipinski definition) is 16. The standard InChI is InChI=1S/C18H32O16/c19-1-4-7(22)10(25)12(27)17(31-4)34-15-11(26)8(23)5(2-20)32-18(15)33-14-9(24)6(3-21)30-16(29)13(14)28/h4-29H,1-3H2/t4-,5-,6-,7-,8-,9+,10+,11+,12+,13-,14+,15+,16+,17-,18-/m1/s1. The first-order valence-electron chi connectivity index (χ1n) is 10.6. The Hall–Kier alpha value is -0.640. The summed E-state index contributed by atoms with van der Waals surface area (Å²) >= 11 is 0. The summed E-state index contributed by atoms with van der Waals surface area (Å²) in [6.45, 7) is -2.34. The second-order valence-corrected chi connectivity index (χ2v) is 8.33. The summed E-state index contributed by atoms with van der Waals surface area (Å²) in [6.07, 6.45) is -25.7. The molecule has 3 rings (SSSR count). The highest BCUT2D eigenvalue weighted by Gasteiger charge is 2.53. The number of aliphatic hydroxyl groups is 11. The van der Waals surface area contributed by atoms with E-state index in [2.05, 4.69) is 0 Å². The van der Waals surface area contributed by atoms with Gasteiger partial charge in [-0.25, -0.2) is 0 Å². The van der Waals surface area contributed by atoms with Crippen molar-refractivity contribution in [2.75, 3.05) is 19.8 Å². The number of aliphatic hydroxyl groups excluding tert-OH is 11. The molecule has 0 saturated carbocycles. The topological polar surface area (TPSA) is 269 Å². The average molecular weight is 504 g/mol. The monoisotopic (exact) mass is 504 g/mol. The first-order chi connectivity index (χ1) is 16.0. The SMILES string of the molecule is OC[C@H]1O[C@H](O)[C@H](O)[C@@H](O[C@H]2O[C@H](CO)[C@@H](O)[C@H](O)[C@@H]2O[C@H]2O[C@H](CO)[C@@H](O)[C@H](O)[C@@H]2O)[C@H]1O. The quantitative estimate of drug-likeness (QED) is 0.154. The summed E-state index contributed by atoms with van der Waals surface area (Å²) in [5, 5.41) is 110. The van der Waals surface area contributed by atoms with Crippen LogP contribution in [0, 0.1) is 0 Å². The molecule has 200 valence electrons. The molecule has 0 radical (unpaired) electrons. The molecule has 3 fully saturated rings. The van der Waals surface area contributed by atoms with Gasteiger partial charge in [0.1, 0.15) is 73.2 Å². The Morgan fingerprint density at radius 3 is 1.47 bits per heavy atom. The molecule has 34 heavy (non-hydrogen) atoms. The van der Waals surface area contributed by atoms with Gasteiger partial charge in [0, 0.05) is 0 Å². The van der Waals surface area contributed by atoms with Gasteiger partial charge in [-0.3, -0.25) is 0 Å². The van der Waals surface area contributed by atoms with Crippen molar-refractivity contribution in [3.63, 3.8) is 0 Å². The third kappa shape index (κ3) is 5.37. The van der Waals surface area contributed by atoms with Crippen LogP contribution in [0.2, 0.25) is 0 Å². The summed E-state index contributed by atoms with van der Waals surface area (Å²) < 4.78 is 26.5. The van der Waals surface area contributed by atoms with E-state index in [1.807, 2.05) is 0 Å². The van der Waals surface area contributed by atoms with Gasteiger partial charge in [-0.1, -0.05) is 0 Å². The Morgan fingerprint density at radius 1 is 0.441 bits per heavy atom. The summed E-state index contributed by atoms with van der Waals surface area (Å²) in [7, 11) is 0. The smallest absolute Gasteiger partial charge is 0.187 e. The van der Waals surface area contributed by atoms with Crippen molar-refractivity contribution in [2.45, 2.75) is 92.1 Å². The molecular weight excluding hydrogens is 472 g/mol. The van der Waals surface area contributed by atoms with Crippen LogP contribution in [-0.2, 0) is 23.7 Å². The van der Waals surface area contributed by atoms with E-state index in [9.17, 15) is 56.2 Å². The number of rotatable bonds is 7. The highest BCUT2D eigenvalue weighted by molar-refractivity contribution is 4.96. The third-order valence-corrected chi connectivity index (χ3v) is 6.10. The molecule has 15 atom stereocenters. The lowest BCUT2D eigenvalue weighted by atomic mass is 9.96. The molecule has 0 aromatic carbocycles. The third-order valence-electron chi connectivity index (χ3n) is 6.10. The van der Waals surface area contributed by atoms with Crippen molar-refractivity contribution in [2.24, 2.45) is 0 Å². The van der Waals surface area contributed by atoms with Gasteiger partial charge in [0.05, 0.1) is 19.8 Å². The minimum atomic E-state index is -1.89. The maximum absolute atomic E-state index is 10.6. The molecule has 16 nitrogen and oxygen atoms in total. The van der Waals surface area contributed by atoms with Gasteiger partial charge >= 0.3 is 0 Å². The first-order valence-corrected chi connectivity index (χ1v) is 10.6. The zero-order valence-electron chi connectivity index (χ0n) is 17.7. The molecular formula is C18H32O16. The zero-order chi connectivity index (χ0) is 25.3. The zero-order valence-corrected chi connectivity index (χ0v) is 17.7. The molecule has 0 spiro atoms. The Bertz CT molecular complexity index is 639. The number of hydrogen-bond donors (Lipinski definition) is 11. The van der Waals surface area contributed by atoms with Crippen molar-refractivity contribution in [3.8, 4) is 0 Å². The lowest BCUT2D eigenvalue weighted by molar-refractivity contribution is -0.387. The molecule has 0 bridgehead atoms. The van der Waals surface area contributed by atoms with Crippen LogP contribution in [0.15, 0.2) is 0 Å². The van der Waals surface area contributed by atoms with Gasteiger partial charge in [0.15, 0.2) is 18.9 Å². The highest BCUT2D eigenvalue weighted by atomic mass is 16.8. The van der Waals surface area contributed by atoms with Crippen LogP contribution in [-0.4, -0.2) is 168 Å². The van der Waals surface area contributed by atoms with E-state index in [0.717, 1.165) is 0 Å². The number of ether oxygens (including phenoxy) is 5. The lowest BCUT2D eigenvalue weighted by Gasteiger charge is -2.48. The molecule has 3 aliphatic heterocycles. The first kappa shape index (κ1) is 27.9. The Balaban J connectivity index is 1.84. The van der Waals surface area contributed by atoms with Crippen LogP contribution in [0.1, 0.15) is 0 Å². The molecule has 16 heteroatoms. The molecule has 0 aromatic rings. The van der Waals surface area contributed by atoms with E-state index in [-0.39, 0.29) is 0 Å². The van der Waals surface area contributed by atoms with E-state index in [1.165, 1.54) is 0 Å². The van der Waals surface area contributed by atoms with E-state index < -0.39 is 112 Å². The van der Waals surface area contributed by atoms with E-state index in [0.29, 0.717) is 0 Å². The second-order valence-electron chi connectivity index (χ2n) is 8.33. The average Bonchev–Trinajstić information content (AvgIpc) is 2.83. The van der Waals surface area contributed by atoms with Crippen molar-refractivity contribution in [3.05, 3.63) is 0 Å². The Kier molecular flexibility index (Phi) is 9.54. The van der Waals surface area contributed by atoms with E-state index in [1.54, 1.807) is 0 Å². The van der Waals surface area contributed by atoms with E-state index >= 15 is 0 Å². The summed E-state index contributed by atoms with van der Waals surface area (Å²) in [4.78, 5) is 0. The Labute approximate surface area is 192 Å². The van der Waals surface area contributed by atoms with Crippen LogP contribution in [0.5, 0.6) is 0 Å². The van der Waals surface area contributed by atoms with Crippen LogP contribution in [0.3, 0.4) is 0 Å². The molecule has 3 aliphatic rings. The van der Waals surface area contributed by atoms with Crippen molar-refractivity contribution in [1.82, 2.24) is 0 Å². The minimum Gasteiger partial charge on any atom is -0.394 e. The van der Waals surface area contributed by atoms with Gasteiger partial charge in [-0.05, 0) is 0 Å². The second kappa shape index (κ2) is 11.6. The van der Waals surface area contributed by atoms with Crippen molar-refractivity contribution in [1.29, 1.82) is 0 Å². The van der Waals surface area contributed by atoms with Gasteiger partial charge in [-0.15, -0.1) is 0 Å². The molecule has 0 aliphatic carbocycles. The van der Waals surface area contributed by atoms with Crippen LogP contribution in [0.25, 0.3) is 0 Å². The predicted octanol–water partition coefficient (Wildman–Crippen LogP) is -7.57. The maximum atomic E-state index is 10.6. The summed E-state index contributed by atoms with van der Waals surface area (Å²) in [5.41, 5.74) is 0. The minimum absolute atomic E-state index is 0.762. The fourth-order valence-electron chi connectivity index (χ4n) is 4.03. The van der Waals surface area contributed by atoms with Crippen LogP contribution in [0.4, 0.5) is 0 Å². The van der Waals surface area contributed by atoms with Crippen molar-refractivity contribution >= 4 is 0 Å². The maximum Gasteiger partial charge on any atom is 0.187 e. The molecule has 3 heterocycles. The van der Waals surface area contributed by atoms with Gasteiger partial charge in [0.25, 0.3) is 0 Å². The molecule has 0 amide bonds. The fourth-order valence-corrected chi connectivity index (χ4v) is 4.03. The van der Waals surface area contributed by atoms with Gasteiger partial charge < -0.3 is 79.9 Å². The van der Waals surface area contributed by atoms with Gasteiger partial charge in [-0.2, -0.15) is 0 Å². The van der Waals surface area contributed by atoms with Crippen LogP contribution < -0.4 is 0 Å². The molecule has 11 N–H and O–H groups in total. The summed E-state index contributed by atoms with van der Waals surface area (Å²) in [6, 6.07) is 0. The Morgan fingerprint density at radius 2 is 0.912 bits per heavy atom. The molecule has 0 aromatic heterocycles. The summed E-state index contributed by atoms with van der Waals surface area (Å²) in [5.74, 6) is 0. The lowest BCUT2D eigenvalue weighted by Crippen LogP contribution is -2.67. The van der Waals surface area contributed by atoms with Gasteiger partial charge in [0.2, 0.25) is 0 Å². The van der Waals surface area contributed by atoms with Crippen LogP contribution >= 0.6 is 0 Å². The highest BCUT2D eigenvalue weighted by Crippen LogP contribution is 2.32. The predicted molar refractivity (Wildman–Crippen MR) is 101 cm³/mol. The molecule has 3 saturated heterocycles. The normalized spacial score (nSPS) is 52.5. The van der Waals surface area contributed by atoms with Crippen molar-refractivity contribution < 1.29 is 79.9 Å².